The summed E-state index contributed by atoms with van der Waals surface area (Å²) in [7, 11) is 0. The first-order valence-corrected chi connectivity index (χ1v) is 4.27. The van der Waals surface area contributed by atoms with Crippen LogP contribution in [0.3, 0.4) is 0 Å². The molecule has 0 aliphatic heterocycles. The van der Waals surface area contributed by atoms with Crippen LogP contribution in [-0.2, 0) is 11.2 Å². The Kier molecular flexibility index (Phi) is 3.01. The number of hydrogen-bond acceptors (Lipinski definition) is 5. The van der Waals surface area contributed by atoms with E-state index in [1.54, 1.807) is 13.8 Å². The monoisotopic (exact) mass is 196 g/mol. The lowest BCUT2D eigenvalue weighted by Crippen LogP contribution is -2.11. The molecule has 0 aromatic carbocycles. The van der Waals surface area contributed by atoms with Crippen LogP contribution >= 0.6 is 0 Å². The normalized spacial score (nSPS) is 10.5. The highest BCUT2D eigenvalue weighted by molar-refractivity contribution is 5.82. The fourth-order valence-electron chi connectivity index (χ4n) is 0.943. The topological polar surface area (TPSA) is 83.3 Å². The molecule has 0 aliphatic rings. The number of nitrogens with zero attached hydrogens (tertiary/aromatic N) is 2. The van der Waals surface area contributed by atoms with Crippen molar-refractivity contribution in [3.05, 3.63) is 11.8 Å². The highest BCUT2D eigenvalue weighted by Gasteiger charge is 2.11. The summed E-state index contributed by atoms with van der Waals surface area (Å²) in [6.45, 7) is 3.56. The first-order valence-electron chi connectivity index (χ1n) is 4.27. The molecule has 2 N–H and O–H groups in total. The number of rotatable bonds is 3. The molecule has 1 aromatic heterocycles. The van der Waals surface area contributed by atoms with Gasteiger partial charge >= 0.3 is 6.01 Å². The van der Waals surface area contributed by atoms with E-state index in [4.69, 9.17) is 10.2 Å². The Morgan fingerprint density at radius 3 is 2.57 bits per heavy atom. The van der Waals surface area contributed by atoms with E-state index >= 15 is 0 Å². The van der Waals surface area contributed by atoms with Gasteiger partial charge in [-0.15, -0.1) is 0 Å². The van der Waals surface area contributed by atoms with Gasteiger partial charge in [0.05, 0.1) is 5.69 Å². The molecule has 0 aliphatic carbocycles. The quantitative estimate of drug-likeness (QED) is 0.741. The van der Waals surface area contributed by atoms with Crippen molar-refractivity contribution in [1.82, 2.24) is 9.97 Å². The van der Waals surface area contributed by atoms with E-state index in [2.05, 4.69) is 9.97 Å². The van der Waals surface area contributed by atoms with Gasteiger partial charge < -0.3 is 10.2 Å². The molecule has 0 unspecified atom stereocenters. The minimum atomic E-state index is -0.517. The Morgan fingerprint density at radius 2 is 2.07 bits per heavy atom. The number of carbonyl (C=O) groups is 1. The van der Waals surface area contributed by atoms with Gasteiger partial charge in [-0.25, -0.2) is 0 Å². The van der Waals surface area contributed by atoms with Crippen molar-refractivity contribution in [3.8, 4) is 11.9 Å². The van der Waals surface area contributed by atoms with Crippen LogP contribution in [0.4, 0.5) is 0 Å². The summed E-state index contributed by atoms with van der Waals surface area (Å²) in [6.07, 6.45) is 0.0985. The average molecular weight is 196 g/mol. The summed E-state index contributed by atoms with van der Waals surface area (Å²) < 4.78 is 0. The predicted molar refractivity (Wildman–Crippen MR) is 48.9 cm³/mol. The molecule has 14 heavy (non-hydrogen) atoms. The third kappa shape index (κ3) is 2.69. The van der Waals surface area contributed by atoms with Crippen LogP contribution in [0.15, 0.2) is 6.07 Å². The lowest BCUT2D eigenvalue weighted by molar-refractivity contribution is -0.121. The van der Waals surface area contributed by atoms with Gasteiger partial charge in [-0.3, -0.25) is 4.79 Å². The van der Waals surface area contributed by atoms with E-state index in [1.807, 2.05) is 0 Å². The van der Waals surface area contributed by atoms with Gasteiger partial charge in [0.25, 0.3) is 0 Å². The second-order valence-corrected chi connectivity index (χ2v) is 3.32. The molecular weight excluding hydrogens is 184 g/mol. The van der Waals surface area contributed by atoms with E-state index in [1.165, 1.54) is 6.07 Å². The zero-order valence-electron chi connectivity index (χ0n) is 8.06. The van der Waals surface area contributed by atoms with Crippen molar-refractivity contribution in [1.29, 1.82) is 0 Å². The summed E-state index contributed by atoms with van der Waals surface area (Å²) in [4.78, 5) is 18.2. The SMILES string of the molecule is CC(C)C(=O)Cc1cc(O)nc(O)n1. The maximum absolute atomic E-state index is 11.3. The van der Waals surface area contributed by atoms with Gasteiger partial charge in [0.1, 0.15) is 5.78 Å². The molecule has 5 heteroatoms. The molecule has 1 heterocycles. The molecule has 1 rings (SSSR count). The largest absolute Gasteiger partial charge is 0.493 e. The number of carbonyl (C=O) groups excluding carboxylic acids is 1. The summed E-state index contributed by atoms with van der Waals surface area (Å²) in [5, 5.41) is 18.0. The van der Waals surface area contributed by atoms with Crippen molar-refractivity contribution in [2.24, 2.45) is 5.92 Å². The van der Waals surface area contributed by atoms with Gasteiger partial charge in [0.15, 0.2) is 0 Å². The van der Waals surface area contributed by atoms with E-state index in [0.717, 1.165) is 0 Å². The van der Waals surface area contributed by atoms with Crippen LogP contribution in [0.2, 0.25) is 0 Å². The Labute approximate surface area is 81.4 Å². The molecule has 0 bridgehead atoms. The first-order chi connectivity index (χ1) is 6.49. The zero-order valence-corrected chi connectivity index (χ0v) is 8.06. The lowest BCUT2D eigenvalue weighted by atomic mass is 10.0. The van der Waals surface area contributed by atoms with Gasteiger partial charge in [-0.05, 0) is 0 Å². The molecule has 0 saturated heterocycles. The smallest absolute Gasteiger partial charge is 0.317 e. The fourth-order valence-corrected chi connectivity index (χ4v) is 0.943. The van der Waals surface area contributed by atoms with Crippen LogP contribution in [0, 0.1) is 5.92 Å². The second-order valence-electron chi connectivity index (χ2n) is 3.32. The molecule has 76 valence electrons. The van der Waals surface area contributed by atoms with Crippen LogP contribution < -0.4 is 0 Å². The third-order valence-electron chi connectivity index (χ3n) is 1.75. The van der Waals surface area contributed by atoms with Gasteiger partial charge in [-0.1, -0.05) is 13.8 Å². The molecular formula is C9H12N2O3. The molecule has 1 aromatic rings. The molecule has 0 radical (unpaired) electrons. The van der Waals surface area contributed by atoms with Gasteiger partial charge in [-0.2, -0.15) is 9.97 Å². The maximum atomic E-state index is 11.3. The van der Waals surface area contributed by atoms with E-state index in [0.29, 0.717) is 5.69 Å². The minimum Gasteiger partial charge on any atom is -0.493 e. The van der Waals surface area contributed by atoms with Crippen LogP contribution in [-0.4, -0.2) is 26.0 Å². The fraction of sp³-hybridized carbons (Fsp3) is 0.444. The average Bonchev–Trinajstić information content (AvgIpc) is 2.01. The molecule has 0 saturated carbocycles. The number of Topliss-reactive ketones (excluding diaryl/α,β-unsaturated/α-hetero) is 1. The number of hydrogen-bond donors (Lipinski definition) is 2. The number of aromatic hydroxyl groups is 2. The van der Waals surface area contributed by atoms with E-state index in [9.17, 15) is 4.79 Å². The Balaban J connectivity index is 2.82. The van der Waals surface area contributed by atoms with Crippen molar-refractivity contribution in [3.63, 3.8) is 0 Å². The van der Waals surface area contributed by atoms with Gasteiger partial charge in [0, 0.05) is 18.4 Å². The Morgan fingerprint density at radius 1 is 1.43 bits per heavy atom. The van der Waals surface area contributed by atoms with Crippen LogP contribution in [0.1, 0.15) is 19.5 Å². The number of aromatic nitrogens is 2. The van der Waals surface area contributed by atoms with Crippen molar-refractivity contribution in [2.45, 2.75) is 20.3 Å². The van der Waals surface area contributed by atoms with Crippen LogP contribution in [0.5, 0.6) is 11.9 Å². The van der Waals surface area contributed by atoms with Crippen molar-refractivity contribution in [2.75, 3.05) is 0 Å². The highest BCUT2D eigenvalue weighted by Crippen LogP contribution is 2.12. The van der Waals surface area contributed by atoms with E-state index < -0.39 is 6.01 Å². The summed E-state index contributed by atoms with van der Waals surface area (Å²) in [6, 6.07) is 0.747. The zero-order chi connectivity index (χ0) is 10.7. The van der Waals surface area contributed by atoms with Crippen molar-refractivity contribution < 1.29 is 15.0 Å². The second kappa shape index (κ2) is 4.04. The summed E-state index contributed by atoms with van der Waals surface area (Å²) >= 11 is 0. The predicted octanol–water partition coefficient (Wildman–Crippen LogP) is 0.655. The van der Waals surface area contributed by atoms with E-state index in [-0.39, 0.29) is 24.0 Å². The van der Waals surface area contributed by atoms with Gasteiger partial charge in [0.2, 0.25) is 5.88 Å². The molecule has 0 spiro atoms. The third-order valence-corrected chi connectivity index (χ3v) is 1.75. The molecule has 0 amide bonds. The van der Waals surface area contributed by atoms with Crippen LogP contribution in [0.25, 0.3) is 0 Å². The molecule has 0 atom stereocenters. The van der Waals surface area contributed by atoms with Crippen molar-refractivity contribution >= 4 is 5.78 Å². The molecule has 0 fully saturated rings. The maximum Gasteiger partial charge on any atom is 0.317 e. The Hall–Kier alpha value is -1.65. The lowest BCUT2D eigenvalue weighted by Gasteiger charge is -2.03. The summed E-state index contributed by atoms with van der Waals surface area (Å²) in [5.74, 6) is -0.416. The minimum absolute atomic E-state index is 0.00231. The summed E-state index contributed by atoms with van der Waals surface area (Å²) in [5.41, 5.74) is 0.328. The Bertz CT molecular complexity index is 330. The highest BCUT2D eigenvalue weighted by atomic mass is 16.3. The first kappa shape index (κ1) is 10.4. The number of ketones is 1. The standard InChI is InChI=1S/C9H12N2O3/c1-5(2)7(12)3-6-4-8(13)11-9(14)10-6/h4-5H,3H2,1-2H3,(H2,10,11,13,14). The molecule has 5 nitrogen and oxygen atoms in total.